The van der Waals surface area contributed by atoms with Crippen molar-refractivity contribution in [1.29, 1.82) is 0 Å². The maximum Gasteiger partial charge on any atom is 0.534 e. The lowest BCUT2D eigenvalue weighted by molar-refractivity contribution is -0.143. The Bertz CT molecular complexity index is 1180. The summed E-state index contributed by atoms with van der Waals surface area (Å²) in [5, 5.41) is 0. The van der Waals surface area contributed by atoms with Crippen molar-refractivity contribution in [3.8, 4) is 16.9 Å². The van der Waals surface area contributed by atoms with E-state index in [9.17, 15) is 39.6 Å². The molecule has 0 saturated heterocycles. The second-order valence-corrected chi connectivity index (χ2v) is 10.3. The van der Waals surface area contributed by atoms with Crippen LogP contribution >= 0.6 is 22.6 Å². The van der Waals surface area contributed by atoms with E-state index in [0.717, 1.165) is 25.3 Å². The molecule has 13 heteroatoms. The molecule has 0 fully saturated rings. The van der Waals surface area contributed by atoms with Gasteiger partial charge in [0, 0.05) is 4.43 Å². The van der Waals surface area contributed by atoms with Crippen LogP contribution in [-0.2, 0) is 30.3 Å². The fourth-order valence-corrected chi connectivity index (χ4v) is 4.44. The predicted octanol–water partition coefficient (Wildman–Crippen LogP) is 6.84. The average molecular weight is 638 g/mol. The molecule has 0 aliphatic rings. The molecule has 0 aliphatic heterocycles. The molecule has 2 aromatic carbocycles. The lowest BCUT2D eigenvalue weighted by Gasteiger charge is -2.20. The largest absolute Gasteiger partial charge is 0.534 e. The smallest absolute Gasteiger partial charge is 0.469 e. The summed E-state index contributed by atoms with van der Waals surface area (Å²) in [7, 11) is -4.98. The van der Waals surface area contributed by atoms with Crippen molar-refractivity contribution in [3.05, 3.63) is 53.1 Å². The highest BCUT2D eigenvalue weighted by Crippen LogP contribution is 2.39. The minimum absolute atomic E-state index is 0.0126. The quantitative estimate of drug-likeness (QED) is 0.0792. The van der Waals surface area contributed by atoms with Crippen LogP contribution in [0.15, 0.2) is 36.4 Å². The lowest BCUT2D eigenvalue weighted by Crippen LogP contribution is -2.28. The number of hydrogen-bond acceptors (Lipinski definition) is 5. The van der Waals surface area contributed by atoms with E-state index in [1.54, 1.807) is 36.4 Å². The zero-order valence-corrected chi connectivity index (χ0v) is 21.6. The topological polar surface area (TPSA) is 69.7 Å². The number of carbonyl (C=O) groups excluding carboxylic acids is 1. The third-order valence-corrected chi connectivity index (χ3v) is 6.71. The molecule has 0 heterocycles. The fraction of sp³-hybridized carbons (Fsp3) is 0.409. The van der Waals surface area contributed by atoms with Gasteiger partial charge in [-0.2, -0.15) is 34.8 Å². The van der Waals surface area contributed by atoms with Crippen molar-refractivity contribution >= 4 is 38.7 Å². The van der Waals surface area contributed by atoms with Crippen LogP contribution in [0.3, 0.4) is 0 Å². The van der Waals surface area contributed by atoms with Gasteiger partial charge in [0.1, 0.15) is 5.75 Å². The Labute approximate surface area is 212 Å². The van der Waals surface area contributed by atoms with Crippen LogP contribution in [0.5, 0.6) is 5.75 Å². The molecule has 2 aromatic rings. The van der Waals surface area contributed by atoms with E-state index in [2.05, 4.69) is 4.18 Å². The Morgan fingerprint density at radius 1 is 1.00 bits per heavy atom. The fourth-order valence-electron chi connectivity index (χ4n) is 3.33. The van der Waals surface area contributed by atoms with Gasteiger partial charge in [0.25, 0.3) is 0 Å². The van der Waals surface area contributed by atoms with E-state index in [1.165, 1.54) is 18.2 Å². The van der Waals surface area contributed by atoms with Gasteiger partial charge < -0.3 is 8.92 Å². The predicted molar refractivity (Wildman–Crippen MR) is 124 cm³/mol. The third-order valence-electron chi connectivity index (χ3n) is 4.91. The van der Waals surface area contributed by atoms with E-state index in [4.69, 9.17) is 4.74 Å². The van der Waals surface area contributed by atoms with Gasteiger partial charge in [-0.05, 0) is 52.8 Å². The van der Waals surface area contributed by atoms with Crippen LogP contribution in [0, 0.1) is 5.92 Å². The number of hydrogen-bond donors (Lipinski definition) is 0. The average Bonchev–Trinajstić information content (AvgIpc) is 2.74. The van der Waals surface area contributed by atoms with Gasteiger partial charge in [-0.1, -0.05) is 54.6 Å². The summed E-state index contributed by atoms with van der Waals surface area (Å²) in [4.78, 5) is 12.4. The number of ether oxygens (including phenoxy) is 1. The van der Waals surface area contributed by atoms with Crippen molar-refractivity contribution in [1.82, 2.24) is 0 Å². The number of methoxy groups -OCH3 is 1. The van der Waals surface area contributed by atoms with Crippen LogP contribution in [-0.4, -0.2) is 27.0 Å². The molecule has 0 radical (unpaired) electrons. The molecule has 35 heavy (non-hydrogen) atoms. The van der Waals surface area contributed by atoms with Gasteiger partial charge in [0.2, 0.25) is 0 Å². The van der Waals surface area contributed by atoms with E-state index in [1.807, 2.05) is 0 Å². The molecule has 0 aliphatic carbocycles. The standard InChI is InChI=1S/C22H21F6IO5S/c1-12(2)6-18(20(30)33-3)16-7-15(8-17(9-16)34-35(31,32)22(26,27)28)13-4-5-14(11-29)19(10-13)21(23,24)25/h4-5,7-10,12,18H,6,11H2,1-3H3. The Morgan fingerprint density at radius 2 is 1.63 bits per heavy atom. The van der Waals surface area contributed by atoms with Crippen LogP contribution in [0.2, 0.25) is 0 Å². The SMILES string of the molecule is COC(=O)C(CC(C)C)c1cc(OS(=O)(=O)C(F)(F)F)cc(-c2ccc(CI)c(C(F)(F)F)c2)c1. The van der Waals surface area contributed by atoms with Crippen molar-refractivity contribution in [2.24, 2.45) is 5.92 Å². The van der Waals surface area contributed by atoms with Crippen molar-refractivity contribution < 1.29 is 48.5 Å². The highest BCUT2D eigenvalue weighted by atomic mass is 127. The highest BCUT2D eigenvalue weighted by molar-refractivity contribution is 14.1. The summed E-state index contributed by atoms with van der Waals surface area (Å²) in [5.74, 6) is -2.69. The molecule has 0 bridgehead atoms. The zero-order valence-electron chi connectivity index (χ0n) is 18.6. The van der Waals surface area contributed by atoms with Crippen molar-refractivity contribution in [3.63, 3.8) is 0 Å². The number of benzene rings is 2. The van der Waals surface area contributed by atoms with Crippen LogP contribution in [0.25, 0.3) is 11.1 Å². The zero-order chi connectivity index (χ0) is 26.8. The Hall–Kier alpha value is -2.03. The third kappa shape index (κ3) is 7.24. The van der Waals surface area contributed by atoms with Crippen molar-refractivity contribution in [2.75, 3.05) is 7.11 Å². The van der Waals surface area contributed by atoms with Gasteiger partial charge in [-0.3, -0.25) is 4.79 Å². The summed E-state index contributed by atoms with van der Waals surface area (Å²) < 4.78 is 112. The number of alkyl halides is 7. The van der Waals surface area contributed by atoms with Crippen molar-refractivity contribution in [2.45, 2.75) is 42.3 Å². The molecule has 0 amide bonds. The highest BCUT2D eigenvalue weighted by Gasteiger charge is 2.48. The summed E-state index contributed by atoms with van der Waals surface area (Å²) in [6.07, 6.45) is -4.54. The first kappa shape index (κ1) is 29.2. The molecule has 0 saturated carbocycles. The monoisotopic (exact) mass is 638 g/mol. The summed E-state index contributed by atoms with van der Waals surface area (Å²) >= 11 is 1.76. The van der Waals surface area contributed by atoms with Gasteiger partial charge >= 0.3 is 27.8 Å². The van der Waals surface area contributed by atoms with E-state index < -0.39 is 45.0 Å². The van der Waals surface area contributed by atoms with Gasteiger partial charge in [-0.15, -0.1) is 0 Å². The number of esters is 1. The molecule has 0 aromatic heterocycles. The molecule has 0 spiro atoms. The van der Waals surface area contributed by atoms with E-state index in [-0.39, 0.29) is 39.0 Å². The van der Waals surface area contributed by atoms with Crippen LogP contribution < -0.4 is 4.18 Å². The Morgan fingerprint density at radius 3 is 2.11 bits per heavy atom. The van der Waals surface area contributed by atoms with Crippen LogP contribution in [0.1, 0.15) is 42.9 Å². The first-order valence-electron chi connectivity index (χ1n) is 10.00. The number of halogens is 7. The minimum Gasteiger partial charge on any atom is -0.469 e. The second-order valence-electron chi connectivity index (χ2n) is 7.98. The lowest BCUT2D eigenvalue weighted by atomic mass is 9.88. The van der Waals surface area contributed by atoms with E-state index in [0.29, 0.717) is 0 Å². The Balaban J connectivity index is 2.78. The molecule has 194 valence electrons. The molecule has 2 rings (SSSR count). The molecular weight excluding hydrogens is 617 g/mol. The first-order valence-corrected chi connectivity index (χ1v) is 12.9. The maximum absolute atomic E-state index is 13.6. The summed E-state index contributed by atoms with van der Waals surface area (Å²) in [5.41, 5.74) is -6.81. The molecule has 1 unspecified atom stereocenters. The molecular formula is C22H21F6IO5S. The maximum atomic E-state index is 13.6. The second kappa shape index (κ2) is 10.9. The van der Waals surface area contributed by atoms with Crippen LogP contribution in [0.4, 0.5) is 26.3 Å². The summed E-state index contributed by atoms with van der Waals surface area (Å²) in [6, 6.07) is 6.45. The van der Waals surface area contributed by atoms with Gasteiger partial charge in [0.05, 0.1) is 18.6 Å². The summed E-state index contributed by atoms with van der Waals surface area (Å²) in [6.45, 7) is 3.54. The number of carbonyl (C=O) groups is 1. The normalized spacial score (nSPS) is 13.6. The minimum atomic E-state index is -6.08. The molecule has 5 nitrogen and oxygen atoms in total. The van der Waals surface area contributed by atoms with Gasteiger partial charge in [0.15, 0.2) is 0 Å². The first-order chi connectivity index (χ1) is 16.0. The molecule has 1 atom stereocenters. The van der Waals surface area contributed by atoms with E-state index >= 15 is 0 Å². The van der Waals surface area contributed by atoms with Gasteiger partial charge in [-0.25, -0.2) is 0 Å². The molecule has 0 N–H and O–H groups in total. The number of rotatable bonds is 8. The Kier molecular flexibility index (Phi) is 9.12.